The van der Waals surface area contributed by atoms with Crippen LogP contribution >= 0.6 is 11.8 Å². The summed E-state index contributed by atoms with van der Waals surface area (Å²) in [4.78, 5) is 79.7. The average molecular weight is 532 g/mol. The lowest BCUT2D eigenvalue weighted by Gasteiger charge is -2.45. The zero-order valence-corrected chi connectivity index (χ0v) is 21.7. The van der Waals surface area contributed by atoms with E-state index in [0.29, 0.717) is 12.1 Å². The number of carbonyl (C=O) groups is 6. The molecule has 0 aliphatic carbocycles. The van der Waals surface area contributed by atoms with Gasteiger partial charge in [-0.3, -0.25) is 24.1 Å². The second-order valence-corrected chi connectivity index (χ2v) is 11.6. The molecule has 12 nitrogen and oxygen atoms in total. The molecule has 3 fully saturated rings. The summed E-state index contributed by atoms with van der Waals surface area (Å²) < 4.78 is -0.768. The number of aliphatic carboxylic acids is 1. The van der Waals surface area contributed by atoms with Crippen LogP contribution in [-0.2, 0) is 29.5 Å². The minimum atomic E-state index is -1.71. The van der Waals surface area contributed by atoms with Crippen molar-refractivity contribution in [2.45, 2.75) is 55.4 Å². The molecule has 4 unspecified atom stereocenters. The van der Waals surface area contributed by atoms with E-state index in [1.165, 1.54) is 28.5 Å². The number of benzene rings is 1. The second-order valence-electron chi connectivity index (χ2n) is 9.81. The van der Waals surface area contributed by atoms with Crippen molar-refractivity contribution in [1.82, 2.24) is 25.3 Å². The van der Waals surface area contributed by atoms with Crippen LogP contribution in [0.1, 0.15) is 33.3 Å². The number of fused-ring (bicyclic) bond motifs is 1. The highest BCUT2D eigenvalue weighted by Crippen LogP contribution is 2.50. The minimum absolute atomic E-state index is 0.0306. The summed E-state index contributed by atoms with van der Waals surface area (Å²) in [6.45, 7) is 7.10. The van der Waals surface area contributed by atoms with Gasteiger partial charge in [-0.25, -0.2) is 9.59 Å². The number of nitrogens with one attached hydrogen (secondary N) is 2. The molecule has 1 aromatic rings. The Bertz CT molecular complexity index is 1180. The normalized spacial score (nSPS) is 26.2. The van der Waals surface area contributed by atoms with Crippen LogP contribution in [0.15, 0.2) is 30.3 Å². The van der Waals surface area contributed by atoms with Gasteiger partial charge >= 0.3 is 23.8 Å². The van der Waals surface area contributed by atoms with Crippen molar-refractivity contribution in [1.29, 1.82) is 0 Å². The molecule has 4 rings (SSSR count). The van der Waals surface area contributed by atoms with Gasteiger partial charge in [-0.1, -0.05) is 30.3 Å². The van der Waals surface area contributed by atoms with E-state index in [-0.39, 0.29) is 13.1 Å². The maximum atomic E-state index is 13.6. The van der Waals surface area contributed by atoms with Crippen LogP contribution in [0.4, 0.5) is 4.79 Å². The van der Waals surface area contributed by atoms with E-state index < -0.39 is 63.4 Å². The molecule has 3 saturated heterocycles. The molecule has 3 N–H and O–H groups in total. The topological polar surface area (TPSA) is 156 Å². The van der Waals surface area contributed by atoms with E-state index >= 15 is 0 Å². The van der Waals surface area contributed by atoms with E-state index in [9.17, 15) is 33.9 Å². The molecule has 3 aliphatic rings. The Balaban J connectivity index is 1.56. The highest BCUT2D eigenvalue weighted by molar-refractivity contribution is 8.01. The highest BCUT2D eigenvalue weighted by Gasteiger charge is 2.64. The molecule has 0 aromatic heterocycles. The first kappa shape index (κ1) is 26.5. The van der Waals surface area contributed by atoms with E-state index in [1.807, 2.05) is 0 Å². The molecule has 6 amide bonds. The zero-order valence-electron chi connectivity index (χ0n) is 20.9. The molecule has 0 radical (unpaired) electrons. The van der Waals surface area contributed by atoms with Crippen molar-refractivity contribution >= 4 is 47.4 Å². The highest BCUT2D eigenvalue weighted by atomic mass is 32.2. The fourth-order valence-corrected chi connectivity index (χ4v) is 6.54. The van der Waals surface area contributed by atoms with E-state index in [1.54, 1.807) is 51.1 Å². The van der Waals surface area contributed by atoms with Crippen molar-refractivity contribution in [3.05, 3.63) is 35.9 Å². The summed E-state index contributed by atoms with van der Waals surface area (Å²) >= 11 is 1.28. The van der Waals surface area contributed by atoms with Crippen LogP contribution in [0.5, 0.6) is 0 Å². The smallest absolute Gasteiger partial charge is 0.327 e. The molecule has 0 bridgehead atoms. The van der Waals surface area contributed by atoms with E-state index in [0.717, 1.165) is 4.90 Å². The number of likely N-dealkylation sites (N-methyl/N-ethyl adjacent to an activating group) is 1. The number of carboxylic acid groups (broad SMARTS) is 1. The Morgan fingerprint density at radius 3 is 2.35 bits per heavy atom. The second kappa shape index (κ2) is 9.36. The number of rotatable bonds is 6. The molecule has 3 aliphatic heterocycles. The predicted molar refractivity (Wildman–Crippen MR) is 132 cm³/mol. The number of thioether (sulfide) groups is 1. The number of carboxylic acids is 1. The van der Waals surface area contributed by atoms with Crippen molar-refractivity contribution in [3.63, 3.8) is 0 Å². The lowest BCUT2D eigenvalue weighted by atomic mass is 9.89. The van der Waals surface area contributed by atoms with Crippen LogP contribution in [0.3, 0.4) is 0 Å². The van der Waals surface area contributed by atoms with Gasteiger partial charge in [0, 0.05) is 24.4 Å². The van der Waals surface area contributed by atoms with Crippen molar-refractivity contribution in [2.24, 2.45) is 0 Å². The Morgan fingerprint density at radius 2 is 1.76 bits per heavy atom. The third-order valence-corrected chi connectivity index (χ3v) is 8.63. The number of carbonyl (C=O) groups excluding carboxylic acids is 5. The Morgan fingerprint density at radius 1 is 1.11 bits per heavy atom. The first-order valence-electron chi connectivity index (χ1n) is 11.9. The zero-order chi connectivity index (χ0) is 27.3. The Labute approximate surface area is 217 Å². The number of amides is 6. The average Bonchev–Trinajstić information content (AvgIpc) is 3.12. The van der Waals surface area contributed by atoms with Gasteiger partial charge in [-0.15, -0.1) is 11.8 Å². The fraction of sp³-hybridized carbons (Fsp3) is 0.500. The summed E-state index contributed by atoms with van der Waals surface area (Å²) in [5.41, 5.74) is -1.33. The van der Waals surface area contributed by atoms with E-state index in [2.05, 4.69) is 10.6 Å². The summed E-state index contributed by atoms with van der Waals surface area (Å²) in [7, 11) is 0. The fourth-order valence-electron chi connectivity index (χ4n) is 4.91. The number of nitrogens with zero attached hydrogens (tertiary/aromatic N) is 3. The molecule has 4 atom stereocenters. The van der Waals surface area contributed by atoms with Gasteiger partial charge in [-0.05, 0) is 33.3 Å². The van der Waals surface area contributed by atoms with Crippen LogP contribution in [0, 0.1) is 0 Å². The van der Waals surface area contributed by atoms with Crippen LogP contribution in [0.25, 0.3) is 0 Å². The molecule has 13 heteroatoms. The largest absolute Gasteiger partial charge is 0.480 e. The molecular weight excluding hydrogens is 502 g/mol. The summed E-state index contributed by atoms with van der Waals surface area (Å²) in [5.74, 6) is -4.16. The monoisotopic (exact) mass is 531 g/mol. The lowest BCUT2D eigenvalue weighted by molar-refractivity contribution is -0.161. The summed E-state index contributed by atoms with van der Waals surface area (Å²) in [6.07, 6.45) is 0. The predicted octanol–water partition coefficient (Wildman–Crippen LogP) is -0.0662. The third-order valence-electron chi connectivity index (χ3n) is 7.06. The van der Waals surface area contributed by atoms with Gasteiger partial charge in [0.2, 0.25) is 5.91 Å². The number of imide groups is 1. The molecule has 0 spiro atoms. The maximum absolute atomic E-state index is 13.6. The molecule has 0 saturated carbocycles. The molecule has 3 heterocycles. The summed E-state index contributed by atoms with van der Waals surface area (Å²) in [5, 5.41) is 14.3. The van der Waals surface area contributed by atoms with Gasteiger partial charge in [-0.2, -0.15) is 0 Å². The Kier molecular flexibility index (Phi) is 6.69. The lowest BCUT2D eigenvalue weighted by Crippen LogP contribution is -2.72. The van der Waals surface area contributed by atoms with Gasteiger partial charge < -0.3 is 25.5 Å². The van der Waals surface area contributed by atoms with Gasteiger partial charge in [0.05, 0.1) is 0 Å². The van der Waals surface area contributed by atoms with Crippen LogP contribution in [0.2, 0.25) is 0 Å². The third kappa shape index (κ3) is 4.30. The number of β-lactam (4-membered cyclic amide) rings is 1. The SMILES string of the molecule is CCN1CCN(C(=O)NC(C)(C(=O)NC2C(=O)N3C2SC(C)(C)C3C(=O)O)c2ccccc2)C(=O)C1=O. The van der Waals surface area contributed by atoms with Crippen molar-refractivity contribution < 1.29 is 33.9 Å². The first-order valence-corrected chi connectivity index (χ1v) is 12.7. The quantitative estimate of drug-likeness (QED) is 0.340. The van der Waals surface area contributed by atoms with Crippen LogP contribution < -0.4 is 10.6 Å². The van der Waals surface area contributed by atoms with Crippen LogP contribution in [-0.4, -0.2) is 97.3 Å². The number of urea groups is 1. The van der Waals surface area contributed by atoms with E-state index in [4.69, 9.17) is 0 Å². The standard InChI is InChI=1S/C24H29N5O7S/c1-5-27-11-12-28(18(32)17(27)31)22(36)26-24(4,13-9-7-6-8-10-13)21(35)25-14-16(30)29-15(20(33)34)23(2,3)37-19(14)29/h6-10,14-15,19H,5,11-12H2,1-4H3,(H,25,35)(H,26,36)(H,33,34). The first-order chi connectivity index (χ1) is 17.3. The number of piperazine rings is 1. The number of hydrogen-bond acceptors (Lipinski definition) is 7. The molecule has 1 aromatic carbocycles. The minimum Gasteiger partial charge on any atom is -0.480 e. The van der Waals surface area contributed by atoms with Crippen molar-refractivity contribution in [3.8, 4) is 0 Å². The van der Waals surface area contributed by atoms with Gasteiger partial charge in [0.1, 0.15) is 23.0 Å². The van der Waals surface area contributed by atoms with Gasteiger partial charge in [0.15, 0.2) is 0 Å². The molecule has 198 valence electrons. The summed E-state index contributed by atoms with van der Waals surface area (Å²) in [6, 6.07) is 5.36. The van der Waals surface area contributed by atoms with Gasteiger partial charge in [0.25, 0.3) is 5.91 Å². The van der Waals surface area contributed by atoms with Crippen molar-refractivity contribution in [2.75, 3.05) is 19.6 Å². The number of hydrogen-bond donors (Lipinski definition) is 3. The maximum Gasteiger partial charge on any atom is 0.327 e. The molecule has 37 heavy (non-hydrogen) atoms. The molecular formula is C24H29N5O7S. The Hall–Kier alpha value is -3.61.